The molecule has 0 radical (unpaired) electrons. The normalized spacial score (nSPS) is 15.3. The second-order valence-corrected chi connectivity index (χ2v) is 8.51. The number of nitrogens with zero attached hydrogens (tertiary/aromatic N) is 3. The molecular formula is C24H28N4O3S. The monoisotopic (exact) mass is 452 g/mol. The minimum Gasteiger partial charge on any atom is -0.457 e. The molecule has 1 fully saturated rings. The van der Waals surface area contributed by atoms with Gasteiger partial charge in [0, 0.05) is 25.0 Å². The lowest BCUT2D eigenvalue weighted by Crippen LogP contribution is -2.32. The van der Waals surface area contributed by atoms with E-state index in [0.29, 0.717) is 15.7 Å². The van der Waals surface area contributed by atoms with Gasteiger partial charge < -0.3 is 15.0 Å². The molecule has 0 amide bonds. The van der Waals surface area contributed by atoms with Crippen LogP contribution in [0.15, 0.2) is 41.7 Å². The van der Waals surface area contributed by atoms with Crippen LogP contribution in [0, 0.1) is 11.3 Å². The first kappa shape index (κ1) is 23.5. The molecule has 1 saturated heterocycles. The third kappa shape index (κ3) is 5.75. The number of carbonyl (C=O) groups excluding carboxylic acids is 1. The van der Waals surface area contributed by atoms with Crippen molar-refractivity contribution in [3.05, 3.63) is 62.0 Å². The van der Waals surface area contributed by atoms with Crippen molar-refractivity contribution in [3.63, 3.8) is 0 Å². The zero-order valence-electron chi connectivity index (χ0n) is 18.3. The topological polar surface area (TPSA) is 87.4 Å². The molecule has 0 atom stereocenters. The summed E-state index contributed by atoms with van der Waals surface area (Å²) in [5.41, 5.74) is 1.68. The average Bonchev–Trinajstić information content (AvgIpc) is 3.43. The third-order valence-electron chi connectivity index (χ3n) is 5.30. The highest BCUT2D eigenvalue weighted by Crippen LogP contribution is 2.13. The van der Waals surface area contributed by atoms with Crippen molar-refractivity contribution in [2.45, 2.75) is 32.7 Å². The molecule has 2 aromatic rings. The van der Waals surface area contributed by atoms with Gasteiger partial charge in [-0.1, -0.05) is 24.8 Å². The molecule has 8 heteroatoms. The average molecular weight is 453 g/mol. The highest BCUT2D eigenvalue weighted by Gasteiger charge is 2.16. The Balaban J connectivity index is 1.85. The van der Waals surface area contributed by atoms with Crippen molar-refractivity contribution < 1.29 is 9.53 Å². The van der Waals surface area contributed by atoms with E-state index >= 15 is 0 Å². The number of nitriles is 1. The zero-order chi connectivity index (χ0) is 22.9. The minimum atomic E-state index is -0.763. The van der Waals surface area contributed by atoms with Gasteiger partial charge in [0.15, 0.2) is 5.57 Å². The van der Waals surface area contributed by atoms with Gasteiger partial charge in [-0.3, -0.25) is 9.36 Å². The Labute approximate surface area is 191 Å². The fourth-order valence-electron chi connectivity index (χ4n) is 3.64. The van der Waals surface area contributed by atoms with Crippen molar-refractivity contribution in [2.75, 3.05) is 31.6 Å². The number of benzene rings is 1. The van der Waals surface area contributed by atoms with E-state index in [0.717, 1.165) is 30.0 Å². The van der Waals surface area contributed by atoms with Crippen LogP contribution >= 0.6 is 11.3 Å². The lowest BCUT2D eigenvalue weighted by Gasteiger charge is -2.14. The molecule has 1 aliphatic rings. The number of carbonyl (C=O) groups is 1. The highest BCUT2D eigenvalue weighted by atomic mass is 32.1. The molecule has 7 nitrogen and oxygen atoms in total. The molecule has 2 heterocycles. The van der Waals surface area contributed by atoms with Crippen molar-refractivity contribution in [1.82, 2.24) is 9.47 Å². The van der Waals surface area contributed by atoms with Crippen molar-refractivity contribution in [3.8, 4) is 6.07 Å². The summed E-state index contributed by atoms with van der Waals surface area (Å²) in [4.78, 5) is 27.5. The number of anilines is 1. The number of nitrogens with one attached hydrogen (secondary N) is 1. The fourth-order valence-corrected chi connectivity index (χ4v) is 4.72. The molecule has 1 N–H and O–H groups in total. The zero-order valence-corrected chi connectivity index (χ0v) is 19.1. The second-order valence-electron chi connectivity index (χ2n) is 7.48. The predicted octanol–water partition coefficient (Wildman–Crippen LogP) is 1.82. The van der Waals surface area contributed by atoms with Gasteiger partial charge in [0.2, 0.25) is 0 Å². The van der Waals surface area contributed by atoms with Gasteiger partial charge in [-0.15, -0.1) is 11.3 Å². The van der Waals surface area contributed by atoms with Gasteiger partial charge in [-0.25, -0.2) is 4.79 Å². The number of rotatable bonds is 9. The van der Waals surface area contributed by atoms with Crippen LogP contribution in [0.25, 0.3) is 11.8 Å². The Bertz CT molecular complexity index is 1180. The maximum absolute atomic E-state index is 12.8. The van der Waals surface area contributed by atoms with Crippen LogP contribution in [0.3, 0.4) is 0 Å². The number of hydrogen-bond donors (Lipinski definition) is 1. The van der Waals surface area contributed by atoms with E-state index in [4.69, 9.17) is 4.74 Å². The SMILES string of the molecule is C=CCOC(=O)/C(C#N)=c1\s/c(=C/Nc2cccc(CCN3CCCC3)c2)c(=O)n1CC. The van der Waals surface area contributed by atoms with E-state index in [9.17, 15) is 14.9 Å². The van der Waals surface area contributed by atoms with Crippen LogP contribution in [-0.2, 0) is 22.5 Å². The Hall–Kier alpha value is -3.15. The summed E-state index contributed by atoms with van der Waals surface area (Å²) in [5, 5.41) is 12.7. The molecule has 0 aliphatic carbocycles. The molecule has 0 spiro atoms. The van der Waals surface area contributed by atoms with Gasteiger partial charge in [0.1, 0.15) is 21.9 Å². The number of aromatic nitrogens is 1. The Morgan fingerprint density at radius 1 is 1.38 bits per heavy atom. The molecule has 1 aliphatic heterocycles. The summed E-state index contributed by atoms with van der Waals surface area (Å²) < 4.78 is 7.11. The summed E-state index contributed by atoms with van der Waals surface area (Å²) in [6, 6.07) is 10.0. The van der Waals surface area contributed by atoms with Crippen LogP contribution in [0.5, 0.6) is 0 Å². The number of hydrogen-bond acceptors (Lipinski definition) is 7. The van der Waals surface area contributed by atoms with Gasteiger partial charge in [0.25, 0.3) is 5.56 Å². The second kappa shape index (κ2) is 11.5. The first-order valence-electron chi connectivity index (χ1n) is 10.8. The van der Waals surface area contributed by atoms with E-state index in [-0.39, 0.29) is 17.7 Å². The predicted molar refractivity (Wildman–Crippen MR) is 128 cm³/mol. The molecule has 1 aromatic carbocycles. The summed E-state index contributed by atoms with van der Waals surface area (Å²) >= 11 is 1.10. The van der Waals surface area contributed by atoms with Gasteiger partial charge in [-0.2, -0.15) is 5.26 Å². The van der Waals surface area contributed by atoms with E-state index in [2.05, 4.69) is 28.9 Å². The maximum Gasteiger partial charge on any atom is 0.352 e. The van der Waals surface area contributed by atoms with Crippen LogP contribution in [-0.4, -0.2) is 41.7 Å². The van der Waals surface area contributed by atoms with Gasteiger partial charge in [-0.05, 0) is 57.0 Å². The number of esters is 1. The first-order chi connectivity index (χ1) is 15.6. The van der Waals surface area contributed by atoms with E-state index in [1.807, 2.05) is 18.2 Å². The van der Waals surface area contributed by atoms with Gasteiger partial charge in [0.05, 0.1) is 0 Å². The summed E-state index contributed by atoms with van der Waals surface area (Å²) in [7, 11) is 0. The van der Waals surface area contributed by atoms with E-state index in [1.165, 1.54) is 42.1 Å². The number of ether oxygens (including phenoxy) is 1. The molecule has 168 valence electrons. The lowest BCUT2D eigenvalue weighted by atomic mass is 10.1. The fraction of sp³-hybridized carbons (Fsp3) is 0.375. The third-order valence-corrected chi connectivity index (χ3v) is 6.43. The minimum absolute atomic E-state index is 0.000381. The summed E-state index contributed by atoms with van der Waals surface area (Å²) in [6.45, 7) is 9.04. The number of thiazole rings is 1. The quantitative estimate of drug-likeness (QED) is 0.461. The molecule has 32 heavy (non-hydrogen) atoms. The Morgan fingerprint density at radius 2 is 2.16 bits per heavy atom. The Morgan fingerprint density at radius 3 is 2.84 bits per heavy atom. The Kier molecular flexibility index (Phi) is 8.42. The highest BCUT2D eigenvalue weighted by molar-refractivity contribution is 7.07. The largest absolute Gasteiger partial charge is 0.457 e. The molecule has 1 aromatic heterocycles. The maximum atomic E-state index is 12.8. The van der Waals surface area contributed by atoms with Gasteiger partial charge >= 0.3 is 5.97 Å². The standard InChI is InChI=1S/C24H28N4O3S/c1-3-14-31-24(30)20(16-25)23-28(4-2)22(29)21(32-23)17-26-19-9-7-8-18(15-19)10-13-27-11-5-6-12-27/h3,7-9,15,17,26H,1,4-6,10-14H2,2H3/b21-17+,23-20-. The number of likely N-dealkylation sites (tertiary alicyclic amines) is 1. The van der Waals surface area contributed by atoms with Crippen molar-refractivity contribution in [2.24, 2.45) is 0 Å². The molecule has 3 rings (SSSR count). The van der Waals surface area contributed by atoms with Crippen molar-refractivity contribution >= 4 is 34.8 Å². The van der Waals surface area contributed by atoms with E-state index in [1.54, 1.807) is 13.1 Å². The molecule has 0 saturated carbocycles. The lowest BCUT2D eigenvalue weighted by molar-refractivity contribution is -0.135. The smallest absolute Gasteiger partial charge is 0.352 e. The first-order valence-corrected chi connectivity index (χ1v) is 11.6. The van der Waals surface area contributed by atoms with Crippen LogP contribution < -0.4 is 20.1 Å². The van der Waals surface area contributed by atoms with Crippen LogP contribution in [0.2, 0.25) is 0 Å². The molecule has 0 unspecified atom stereocenters. The molecule has 0 bridgehead atoms. The van der Waals surface area contributed by atoms with Crippen LogP contribution in [0.4, 0.5) is 5.69 Å². The van der Waals surface area contributed by atoms with Crippen LogP contribution in [0.1, 0.15) is 25.3 Å². The van der Waals surface area contributed by atoms with Crippen molar-refractivity contribution in [1.29, 1.82) is 5.26 Å². The molecular weight excluding hydrogens is 424 g/mol. The van der Waals surface area contributed by atoms with E-state index < -0.39 is 5.97 Å². The summed E-state index contributed by atoms with van der Waals surface area (Å²) in [6.07, 6.45) is 6.61. The summed E-state index contributed by atoms with van der Waals surface area (Å²) in [5.74, 6) is -0.763.